The van der Waals surface area contributed by atoms with Crippen LogP contribution in [0.4, 0.5) is 5.82 Å². The van der Waals surface area contributed by atoms with Crippen LogP contribution in [0.1, 0.15) is 26.3 Å². The molecule has 1 rings (SSSR count). The van der Waals surface area contributed by atoms with Gasteiger partial charge in [0.15, 0.2) is 5.82 Å². The summed E-state index contributed by atoms with van der Waals surface area (Å²) >= 11 is 0. The second-order valence-electron chi connectivity index (χ2n) is 3.89. The molecule has 0 aromatic carbocycles. The van der Waals surface area contributed by atoms with Gasteiger partial charge in [0.1, 0.15) is 0 Å². The Morgan fingerprint density at radius 3 is 2.88 bits per heavy atom. The van der Waals surface area contributed by atoms with E-state index in [1.165, 1.54) is 0 Å². The van der Waals surface area contributed by atoms with E-state index >= 15 is 0 Å². The monoisotopic (exact) mass is 220 g/mol. The molecular weight excluding hydrogens is 204 g/mol. The summed E-state index contributed by atoms with van der Waals surface area (Å²) < 4.78 is 1.63. The SMILES string of the molecule is CC(C)n1ccnc(N(C)CCC#N)c1=O. The molecule has 1 heterocycles. The van der Waals surface area contributed by atoms with E-state index < -0.39 is 0 Å². The van der Waals surface area contributed by atoms with Crippen molar-refractivity contribution in [3.8, 4) is 6.07 Å². The van der Waals surface area contributed by atoms with Gasteiger partial charge in [0, 0.05) is 32.0 Å². The Labute approximate surface area is 94.9 Å². The normalized spacial score (nSPS) is 10.2. The highest BCUT2D eigenvalue weighted by molar-refractivity contribution is 5.34. The summed E-state index contributed by atoms with van der Waals surface area (Å²) in [6.07, 6.45) is 3.67. The van der Waals surface area contributed by atoms with Crippen LogP contribution in [0.25, 0.3) is 0 Å². The van der Waals surface area contributed by atoms with E-state index in [1.807, 2.05) is 19.9 Å². The smallest absolute Gasteiger partial charge is 0.293 e. The van der Waals surface area contributed by atoms with Gasteiger partial charge in [-0.2, -0.15) is 5.26 Å². The van der Waals surface area contributed by atoms with Crippen LogP contribution in [-0.4, -0.2) is 23.1 Å². The molecular formula is C11H16N4O. The average molecular weight is 220 g/mol. The lowest BCUT2D eigenvalue weighted by Crippen LogP contribution is -2.31. The van der Waals surface area contributed by atoms with Crippen molar-refractivity contribution in [2.24, 2.45) is 0 Å². The summed E-state index contributed by atoms with van der Waals surface area (Å²) in [6, 6.07) is 2.16. The Morgan fingerprint density at radius 1 is 1.62 bits per heavy atom. The van der Waals surface area contributed by atoms with E-state index in [0.29, 0.717) is 18.8 Å². The third-order valence-corrected chi connectivity index (χ3v) is 2.33. The molecule has 0 saturated carbocycles. The van der Waals surface area contributed by atoms with Gasteiger partial charge in [0.2, 0.25) is 0 Å². The molecule has 1 aromatic heterocycles. The molecule has 0 atom stereocenters. The lowest BCUT2D eigenvalue weighted by molar-refractivity contribution is 0.572. The number of hydrogen-bond acceptors (Lipinski definition) is 4. The summed E-state index contributed by atoms with van der Waals surface area (Å²) in [5.41, 5.74) is -0.113. The topological polar surface area (TPSA) is 61.9 Å². The number of nitrogens with zero attached hydrogens (tertiary/aromatic N) is 4. The molecule has 0 bridgehead atoms. The zero-order chi connectivity index (χ0) is 12.1. The van der Waals surface area contributed by atoms with Gasteiger partial charge in [-0.3, -0.25) is 4.79 Å². The van der Waals surface area contributed by atoms with Crippen LogP contribution in [0.5, 0.6) is 0 Å². The van der Waals surface area contributed by atoms with Gasteiger partial charge in [0.05, 0.1) is 12.5 Å². The maximum Gasteiger partial charge on any atom is 0.293 e. The summed E-state index contributed by atoms with van der Waals surface area (Å²) in [6.45, 7) is 4.40. The Kier molecular flexibility index (Phi) is 4.06. The Bertz CT molecular complexity index is 444. The molecule has 5 nitrogen and oxygen atoms in total. The summed E-state index contributed by atoms with van der Waals surface area (Å²) in [4.78, 5) is 17.8. The molecule has 0 aliphatic carbocycles. The van der Waals surface area contributed by atoms with Gasteiger partial charge in [-0.05, 0) is 13.8 Å². The van der Waals surface area contributed by atoms with Crippen molar-refractivity contribution in [2.75, 3.05) is 18.5 Å². The molecule has 16 heavy (non-hydrogen) atoms. The summed E-state index contributed by atoms with van der Waals surface area (Å²) in [7, 11) is 1.77. The number of aromatic nitrogens is 2. The molecule has 0 unspecified atom stereocenters. The second kappa shape index (κ2) is 5.31. The van der Waals surface area contributed by atoms with Crippen LogP contribution in [0.15, 0.2) is 17.2 Å². The highest BCUT2D eigenvalue weighted by atomic mass is 16.1. The van der Waals surface area contributed by atoms with Crippen LogP contribution in [0.3, 0.4) is 0 Å². The first kappa shape index (κ1) is 12.2. The van der Waals surface area contributed by atoms with Crippen molar-refractivity contribution < 1.29 is 0 Å². The highest BCUT2D eigenvalue weighted by Gasteiger charge is 2.10. The fourth-order valence-electron chi connectivity index (χ4n) is 1.41. The van der Waals surface area contributed by atoms with E-state index in [-0.39, 0.29) is 11.6 Å². The molecule has 86 valence electrons. The molecule has 0 aliphatic rings. The van der Waals surface area contributed by atoms with Crippen molar-refractivity contribution in [1.29, 1.82) is 5.26 Å². The number of nitriles is 1. The maximum atomic E-state index is 12.0. The number of rotatable bonds is 4. The molecule has 0 amide bonds. The molecule has 0 radical (unpaired) electrons. The quantitative estimate of drug-likeness (QED) is 0.764. The Hall–Kier alpha value is -1.83. The zero-order valence-electron chi connectivity index (χ0n) is 9.84. The van der Waals surface area contributed by atoms with Crippen LogP contribution in [0, 0.1) is 11.3 Å². The van der Waals surface area contributed by atoms with Crippen molar-refractivity contribution in [3.63, 3.8) is 0 Å². The van der Waals surface area contributed by atoms with Crippen molar-refractivity contribution in [3.05, 3.63) is 22.7 Å². The first-order valence-corrected chi connectivity index (χ1v) is 5.23. The number of hydrogen-bond donors (Lipinski definition) is 0. The summed E-state index contributed by atoms with van der Waals surface area (Å²) in [5, 5.41) is 8.49. The Morgan fingerprint density at radius 2 is 2.31 bits per heavy atom. The molecule has 5 heteroatoms. The predicted octanol–water partition coefficient (Wildman–Crippen LogP) is 1.17. The highest BCUT2D eigenvalue weighted by Crippen LogP contribution is 2.05. The van der Waals surface area contributed by atoms with Gasteiger partial charge in [-0.15, -0.1) is 0 Å². The predicted molar refractivity (Wildman–Crippen MR) is 62.4 cm³/mol. The standard InChI is InChI=1S/C11H16N4O/c1-9(2)15-8-6-13-10(11(15)16)14(3)7-4-5-12/h6,8-9H,4,7H2,1-3H3. The van der Waals surface area contributed by atoms with Crippen LogP contribution >= 0.6 is 0 Å². The largest absolute Gasteiger partial charge is 0.354 e. The molecule has 0 fully saturated rings. The fourth-order valence-corrected chi connectivity index (χ4v) is 1.41. The van der Waals surface area contributed by atoms with Crippen molar-refractivity contribution >= 4 is 5.82 Å². The minimum atomic E-state index is -0.113. The van der Waals surface area contributed by atoms with Crippen LogP contribution in [-0.2, 0) is 0 Å². The minimum Gasteiger partial charge on any atom is -0.354 e. The first-order chi connectivity index (χ1) is 7.57. The number of anilines is 1. The zero-order valence-corrected chi connectivity index (χ0v) is 9.84. The third kappa shape index (κ3) is 2.60. The molecule has 0 aliphatic heterocycles. The molecule has 0 spiro atoms. The van der Waals surface area contributed by atoms with E-state index in [1.54, 1.807) is 28.9 Å². The van der Waals surface area contributed by atoms with Crippen molar-refractivity contribution in [2.45, 2.75) is 26.3 Å². The molecule has 1 aromatic rings. The third-order valence-electron chi connectivity index (χ3n) is 2.33. The van der Waals surface area contributed by atoms with Gasteiger partial charge in [-0.25, -0.2) is 4.98 Å². The van der Waals surface area contributed by atoms with Crippen LogP contribution in [0.2, 0.25) is 0 Å². The molecule has 0 saturated heterocycles. The second-order valence-corrected chi connectivity index (χ2v) is 3.89. The van der Waals surface area contributed by atoms with Gasteiger partial charge < -0.3 is 9.47 Å². The maximum absolute atomic E-state index is 12.0. The average Bonchev–Trinajstić information content (AvgIpc) is 2.25. The minimum absolute atomic E-state index is 0.110. The van der Waals surface area contributed by atoms with Crippen molar-refractivity contribution in [1.82, 2.24) is 9.55 Å². The first-order valence-electron chi connectivity index (χ1n) is 5.23. The molecule has 0 N–H and O–H groups in total. The van der Waals surface area contributed by atoms with E-state index in [2.05, 4.69) is 4.98 Å². The lowest BCUT2D eigenvalue weighted by atomic mass is 10.3. The summed E-state index contributed by atoms with van der Waals surface area (Å²) in [5.74, 6) is 0.395. The lowest BCUT2D eigenvalue weighted by Gasteiger charge is -2.18. The van der Waals surface area contributed by atoms with Crippen LogP contribution < -0.4 is 10.5 Å². The Balaban J connectivity index is 3.02. The van der Waals surface area contributed by atoms with E-state index in [9.17, 15) is 4.79 Å². The van der Waals surface area contributed by atoms with E-state index in [4.69, 9.17) is 5.26 Å². The van der Waals surface area contributed by atoms with Gasteiger partial charge >= 0.3 is 0 Å². The van der Waals surface area contributed by atoms with Gasteiger partial charge in [0.25, 0.3) is 5.56 Å². The van der Waals surface area contributed by atoms with E-state index in [0.717, 1.165) is 0 Å². The van der Waals surface area contributed by atoms with Gasteiger partial charge in [-0.1, -0.05) is 0 Å². The fraction of sp³-hybridized carbons (Fsp3) is 0.545.